The molecule has 0 atom stereocenters. The molecule has 1 N–H and O–H groups in total. The van der Waals surface area contributed by atoms with E-state index in [1.165, 1.54) is 6.07 Å². The molecule has 1 heterocycles. The predicted octanol–water partition coefficient (Wildman–Crippen LogP) is 4.81. The van der Waals surface area contributed by atoms with Gasteiger partial charge in [0.15, 0.2) is 0 Å². The maximum atomic E-state index is 12.2. The fraction of sp³-hybridized carbons (Fsp3) is 0.286. The van der Waals surface area contributed by atoms with E-state index in [0.717, 1.165) is 31.2 Å². The second kappa shape index (κ2) is 7.88. The van der Waals surface area contributed by atoms with Crippen LogP contribution in [0.25, 0.3) is 10.8 Å². The average molecular weight is 338 g/mol. The van der Waals surface area contributed by atoms with Crippen molar-refractivity contribution in [3.8, 4) is 11.5 Å². The summed E-state index contributed by atoms with van der Waals surface area (Å²) in [5.74, 6) is 1.05. The monoisotopic (exact) mass is 338 g/mol. The maximum absolute atomic E-state index is 12.2. The fourth-order valence-electron chi connectivity index (χ4n) is 2.83. The molecule has 1 aromatic heterocycles. The summed E-state index contributed by atoms with van der Waals surface area (Å²) in [4.78, 5) is 12.2. The lowest BCUT2D eigenvalue weighted by Gasteiger charge is -2.09. The highest BCUT2D eigenvalue weighted by Gasteiger charge is 2.11. The molecule has 0 unspecified atom stereocenters. The molecule has 0 saturated carbocycles. The van der Waals surface area contributed by atoms with Gasteiger partial charge in [-0.3, -0.25) is 0 Å². The topological polar surface area (TPSA) is 59.7 Å². The number of hydrogen-bond acceptors (Lipinski definition) is 4. The first-order chi connectivity index (χ1) is 12.2. The molecule has 2 aromatic carbocycles. The molecule has 0 aliphatic heterocycles. The largest absolute Gasteiger partial charge is 0.507 e. The number of rotatable bonds is 7. The summed E-state index contributed by atoms with van der Waals surface area (Å²) < 4.78 is 11.1. The molecule has 0 fully saturated rings. The number of unbranched alkanes of at least 4 members (excludes halogenated alkanes) is 2. The zero-order valence-electron chi connectivity index (χ0n) is 14.3. The molecular weight excluding hydrogens is 316 g/mol. The minimum Gasteiger partial charge on any atom is -0.507 e. The molecule has 0 aliphatic carbocycles. The van der Waals surface area contributed by atoms with Gasteiger partial charge in [0.25, 0.3) is 0 Å². The van der Waals surface area contributed by atoms with Gasteiger partial charge < -0.3 is 14.3 Å². The Bertz CT molecular complexity index is 897. The van der Waals surface area contributed by atoms with Crippen LogP contribution in [0.1, 0.15) is 37.5 Å². The quantitative estimate of drug-likeness (QED) is 0.628. The first-order valence-corrected chi connectivity index (χ1v) is 8.64. The molecule has 25 heavy (non-hydrogen) atoms. The van der Waals surface area contributed by atoms with Crippen LogP contribution < -0.4 is 10.4 Å². The van der Waals surface area contributed by atoms with Crippen molar-refractivity contribution in [3.63, 3.8) is 0 Å². The Kier molecular flexibility index (Phi) is 5.39. The Morgan fingerprint density at radius 1 is 1.08 bits per heavy atom. The molecule has 0 saturated heterocycles. The van der Waals surface area contributed by atoms with Gasteiger partial charge in [-0.05, 0) is 29.5 Å². The smallest absolute Gasteiger partial charge is 0.347 e. The van der Waals surface area contributed by atoms with Crippen LogP contribution in [-0.2, 0) is 13.0 Å². The number of hydrogen-bond donors (Lipinski definition) is 1. The normalized spacial score (nSPS) is 10.9. The fourth-order valence-corrected chi connectivity index (χ4v) is 2.83. The van der Waals surface area contributed by atoms with Crippen molar-refractivity contribution in [2.75, 3.05) is 0 Å². The lowest BCUT2D eigenvalue weighted by Crippen LogP contribution is -2.03. The molecule has 3 rings (SSSR count). The van der Waals surface area contributed by atoms with E-state index in [2.05, 4.69) is 6.92 Å². The second-order valence-corrected chi connectivity index (χ2v) is 6.14. The molecular formula is C21H22O4. The Hall–Kier alpha value is -2.75. The van der Waals surface area contributed by atoms with Crippen molar-refractivity contribution >= 4 is 10.8 Å². The number of aryl methyl sites for hydroxylation is 1. The van der Waals surface area contributed by atoms with Crippen LogP contribution in [0.4, 0.5) is 0 Å². The third-order valence-electron chi connectivity index (χ3n) is 4.14. The van der Waals surface area contributed by atoms with Gasteiger partial charge in [-0.25, -0.2) is 4.79 Å². The Labute approximate surface area is 146 Å². The van der Waals surface area contributed by atoms with Crippen LogP contribution in [0.2, 0.25) is 0 Å². The summed E-state index contributed by atoms with van der Waals surface area (Å²) in [6, 6.07) is 14.8. The molecule has 130 valence electrons. The van der Waals surface area contributed by atoms with Crippen molar-refractivity contribution in [1.29, 1.82) is 0 Å². The lowest BCUT2D eigenvalue weighted by atomic mass is 10.1. The Morgan fingerprint density at radius 3 is 2.64 bits per heavy atom. The highest BCUT2D eigenvalue weighted by atomic mass is 16.5. The van der Waals surface area contributed by atoms with E-state index in [1.807, 2.05) is 36.4 Å². The van der Waals surface area contributed by atoms with Crippen LogP contribution in [0.3, 0.4) is 0 Å². The van der Waals surface area contributed by atoms with Crippen LogP contribution in [-0.4, -0.2) is 5.11 Å². The summed E-state index contributed by atoms with van der Waals surface area (Å²) in [5, 5.41) is 11.0. The average Bonchev–Trinajstić information content (AvgIpc) is 2.60. The number of fused-ring (bicyclic) bond motifs is 1. The van der Waals surface area contributed by atoms with Gasteiger partial charge >= 0.3 is 5.63 Å². The summed E-state index contributed by atoms with van der Waals surface area (Å²) in [6.45, 7) is 2.53. The number of phenolic OH excluding ortho intramolecular Hbond substituents is 1. The van der Waals surface area contributed by atoms with Crippen LogP contribution in [0.15, 0.2) is 57.7 Å². The van der Waals surface area contributed by atoms with Crippen molar-refractivity contribution in [1.82, 2.24) is 0 Å². The Morgan fingerprint density at radius 2 is 1.88 bits per heavy atom. The zero-order valence-corrected chi connectivity index (χ0v) is 14.3. The van der Waals surface area contributed by atoms with Crippen LogP contribution in [0, 0.1) is 0 Å². The lowest BCUT2D eigenvalue weighted by molar-refractivity contribution is 0.305. The van der Waals surface area contributed by atoms with Crippen LogP contribution in [0.5, 0.6) is 11.5 Å². The third-order valence-corrected chi connectivity index (χ3v) is 4.14. The van der Waals surface area contributed by atoms with Gasteiger partial charge in [0, 0.05) is 12.5 Å². The van der Waals surface area contributed by atoms with Crippen molar-refractivity contribution < 1.29 is 14.3 Å². The van der Waals surface area contributed by atoms with Gasteiger partial charge in [-0.2, -0.15) is 0 Å². The van der Waals surface area contributed by atoms with Crippen molar-refractivity contribution in [2.24, 2.45) is 0 Å². The number of benzene rings is 2. The molecule has 0 amide bonds. The molecule has 4 heteroatoms. The zero-order chi connectivity index (χ0) is 17.6. The number of aromatic hydroxyl groups is 1. The molecule has 0 spiro atoms. The van der Waals surface area contributed by atoms with Gasteiger partial charge in [0.2, 0.25) is 0 Å². The van der Waals surface area contributed by atoms with Gasteiger partial charge in [0.05, 0.1) is 0 Å². The minimum atomic E-state index is -0.504. The third kappa shape index (κ3) is 4.21. The van der Waals surface area contributed by atoms with Gasteiger partial charge in [0.1, 0.15) is 29.3 Å². The highest BCUT2D eigenvalue weighted by molar-refractivity contribution is 5.88. The van der Waals surface area contributed by atoms with Gasteiger partial charge in [-0.15, -0.1) is 0 Å². The summed E-state index contributed by atoms with van der Waals surface area (Å²) in [7, 11) is 0. The predicted molar refractivity (Wildman–Crippen MR) is 98.2 cm³/mol. The van der Waals surface area contributed by atoms with E-state index in [0.29, 0.717) is 23.5 Å². The molecule has 0 aliphatic rings. The van der Waals surface area contributed by atoms with E-state index in [4.69, 9.17) is 9.15 Å². The minimum absolute atomic E-state index is 0.116. The molecule has 3 aromatic rings. The molecule has 0 bridgehead atoms. The second-order valence-electron chi connectivity index (χ2n) is 6.14. The van der Waals surface area contributed by atoms with E-state index in [1.54, 1.807) is 6.07 Å². The van der Waals surface area contributed by atoms with Crippen molar-refractivity contribution in [2.45, 2.75) is 39.2 Å². The van der Waals surface area contributed by atoms with E-state index >= 15 is 0 Å². The van der Waals surface area contributed by atoms with E-state index in [-0.39, 0.29) is 11.1 Å². The number of ether oxygens (including phenoxy) is 1. The highest BCUT2D eigenvalue weighted by Crippen LogP contribution is 2.29. The standard InChI is InChI=1S/C21H22O4/c1-2-3-5-10-17-11-16-12-18(13-19(22)20(16)21(23)25-17)24-14-15-8-6-4-7-9-15/h4,6-9,11-13,22H,2-3,5,10,14H2,1H3. The van der Waals surface area contributed by atoms with E-state index < -0.39 is 5.63 Å². The summed E-state index contributed by atoms with van der Waals surface area (Å²) >= 11 is 0. The Balaban J connectivity index is 1.86. The summed E-state index contributed by atoms with van der Waals surface area (Å²) in [5.41, 5.74) is 0.533. The first kappa shape index (κ1) is 17.1. The SMILES string of the molecule is CCCCCc1cc2cc(OCc3ccccc3)cc(O)c2c(=O)o1. The molecule has 4 nitrogen and oxygen atoms in total. The number of phenols is 1. The van der Waals surface area contributed by atoms with Gasteiger partial charge in [-0.1, -0.05) is 50.1 Å². The van der Waals surface area contributed by atoms with Crippen molar-refractivity contribution in [3.05, 3.63) is 70.3 Å². The van der Waals surface area contributed by atoms with E-state index in [9.17, 15) is 9.90 Å². The maximum Gasteiger partial charge on any atom is 0.347 e. The summed E-state index contributed by atoms with van der Waals surface area (Å²) in [6.07, 6.45) is 3.89. The van der Waals surface area contributed by atoms with Crippen LogP contribution >= 0.6 is 0 Å². The molecule has 0 radical (unpaired) electrons. The first-order valence-electron chi connectivity index (χ1n) is 8.64.